The molecule has 1 aliphatic rings. The number of halogens is 4. The van der Waals surface area contributed by atoms with Crippen molar-refractivity contribution in [2.24, 2.45) is 0 Å². The first-order valence-corrected chi connectivity index (χ1v) is 6.65. The molecule has 0 amide bonds. The lowest BCUT2D eigenvalue weighted by Crippen LogP contribution is -2.38. The molecule has 0 bridgehead atoms. The molecule has 1 aromatic rings. The van der Waals surface area contributed by atoms with Gasteiger partial charge in [0.1, 0.15) is 0 Å². The fraction of sp³-hybridized carbons (Fsp3) is 0.333. The number of hydrogen-bond acceptors (Lipinski definition) is 1. The van der Waals surface area contributed by atoms with Crippen LogP contribution in [0.3, 0.4) is 0 Å². The molecule has 1 atom stereocenters. The van der Waals surface area contributed by atoms with Crippen LogP contribution in [0.15, 0.2) is 42.5 Å². The second-order valence-electron chi connectivity index (χ2n) is 4.98. The molecule has 0 spiro atoms. The van der Waals surface area contributed by atoms with Gasteiger partial charge in [-0.2, -0.15) is 13.2 Å². The van der Waals surface area contributed by atoms with Gasteiger partial charge in [0, 0.05) is 11.8 Å². The Morgan fingerprint density at radius 2 is 1.80 bits per heavy atom. The first-order valence-electron chi connectivity index (χ1n) is 6.31. The first kappa shape index (κ1) is 15.0. The zero-order valence-electron chi connectivity index (χ0n) is 11.2. The average Bonchev–Trinajstić information content (AvgIpc) is 2.41. The van der Waals surface area contributed by atoms with Gasteiger partial charge in [0.25, 0.3) is 0 Å². The Morgan fingerprint density at radius 1 is 1.20 bits per heavy atom. The van der Waals surface area contributed by atoms with Gasteiger partial charge in [-0.15, -0.1) is 0 Å². The fourth-order valence-electron chi connectivity index (χ4n) is 2.05. The maximum atomic E-state index is 12.6. The Bertz CT molecular complexity index is 545. The van der Waals surface area contributed by atoms with E-state index in [1.165, 1.54) is 12.1 Å². The first-order chi connectivity index (χ1) is 9.28. The number of alkyl halides is 3. The van der Waals surface area contributed by atoms with Crippen molar-refractivity contribution >= 4 is 17.5 Å². The molecule has 1 aliphatic heterocycles. The predicted molar refractivity (Wildman–Crippen MR) is 74.9 cm³/mol. The Kier molecular flexibility index (Phi) is 3.87. The van der Waals surface area contributed by atoms with Crippen molar-refractivity contribution in [2.75, 3.05) is 0 Å². The molecule has 0 aromatic heterocycles. The van der Waals surface area contributed by atoms with E-state index in [2.05, 4.69) is 0 Å². The second-order valence-corrected chi connectivity index (χ2v) is 5.32. The number of benzene rings is 1. The lowest BCUT2D eigenvalue weighted by atomic mass is 9.93. The normalized spacial score (nSPS) is 22.9. The minimum atomic E-state index is -4.32. The summed E-state index contributed by atoms with van der Waals surface area (Å²) in [6.07, 6.45) is 2.14. The molecule has 108 valence electrons. The monoisotopic (exact) mass is 301 g/mol. The average molecular weight is 302 g/mol. The third-order valence-electron chi connectivity index (χ3n) is 3.59. The SMILES string of the molecule is CCC1(C)C=CC=C(c2ccc(C(F)(F)F)cc2)N1Cl. The van der Waals surface area contributed by atoms with E-state index >= 15 is 0 Å². The van der Waals surface area contributed by atoms with Gasteiger partial charge in [0.2, 0.25) is 0 Å². The molecule has 0 fully saturated rings. The standard InChI is InChI=1S/C15H15ClF3N/c1-3-14(2)10-4-5-13(20(14)16)11-6-8-12(9-7-11)15(17,18)19/h4-10H,3H2,1-2H3. The van der Waals surface area contributed by atoms with Crippen molar-refractivity contribution in [2.45, 2.75) is 32.0 Å². The van der Waals surface area contributed by atoms with E-state index in [4.69, 9.17) is 11.8 Å². The summed E-state index contributed by atoms with van der Waals surface area (Å²) in [6.45, 7) is 3.99. The summed E-state index contributed by atoms with van der Waals surface area (Å²) in [5, 5.41) is 0. The van der Waals surface area contributed by atoms with Crippen molar-refractivity contribution < 1.29 is 13.2 Å². The zero-order valence-corrected chi connectivity index (χ0v) is 12.0. The molecule has 0 aliphatic carbocycles. The van der Waals surface area contributed by atoms with Crippen LogP contribution in [0.25, 0.3) is 5.70 Å². The van der Waals surface area contributed by atoms with Gasteiger partial charge >= 0.3 is 6.18 Å². The summed E-state index contributed by atoms with van der Waals surface area (Å²) in [7, 11) is 0. The lowest BCUT2D eigenvalue weighted by Gasteiger charge is -2.38. The molecule has 1 nitrogen and oxygen atoms in total. The maximum absolute atomic E-state index is 12.6. The molecule has 2 rings (SSSR count). The third-order valence-corrected chi connectivity index (χ3v) is 4.16. The molecule has 0 saturated carbocycles. The minimum Gasteiger partial charge on any atom is -0.275 e. The molecule has 1 heterocycles. The van der Waals surface area contributed by atoms with Crippen molar-refractivity contribution in [1.82, 2.24) is 4.42 Å². The van der Waals surface area contributed by atoms with Gasteiger partial charge < -0.3 is 0 Å². The highest BCUT2D eigenvalue weighted by molar-refractivity contribution is 6.18. The van der Waals surface area contributed by atoms with E-state index in [0.717, 1.165) is 18.6 Å². The van der Waals surface area contributed by atoms with Crippen LogP contribution in [0.4, 0.5) is 13.2 Å². The van der Waals surface area contributed by atoms with Crippen LogP contribution in [0.2, 0.25) is 0 Å². The smallest absolute Gasteiger partial charge is 0.275 e. The lowest BCUT2D eigenvalue weighted by molar-refractivity contribution is -0.137. The molecular formula is C15H15ClF3N. The van der Waals surface area contributed by atoms with Crippen LogP contribution >= 0.6 is 11.8 Å². The molecule has 5 heteroatoms. The van der Waals surface area contributed by atoms with Crippen LogP contribution in [0.5, 0.6) is 0 Å². The maximum Gasteiger partial charge on any atom is 0.416 e. The Labute approximate surface area is 121 Å². The van der Waals surface area contributed by atoms with Crippen LogP contribution in [-0.2, 0) is 6.18 Å². The molecular weight excluding hydrogens is 287 g/mol. The topological polar surface area (TPSA) is 3.24 Å². The molecule has 0 saturated heterocycles. The highest BCUT2D eigenvalue weighted by Gasteiger charge is 2.32. The highest BCUT2D eigenvalue weighted by Crippen LogP contribution is 2.37. The minimum absolute atomic E-state index is 0.339. The van der Waals surface area contributed by atoms with E-state index in [-0.39, 0.29) is 5.54 Å². The van der Waals surface area contributed by atoms with Crippen molar-refractivity contribution in [1.29, 1.82) is 0 Å². The quantitative estimate of drug-likeness (QED) is 0.675. The van der Waals surface area contributed by atoms with Crippen molar-refractivity contribution in [3.05, 3.63) is 53.6 Å². The molecule has 20 heavy (non-hydrogen) atoms. The number of nitrogens with zero attached hydrogens (tertiary/aromatic N) is 1. The summed E-state index contributed by atoms with van der Waals surface area (Å²) in [6, 6.07) is 5.03. The largest absolute Gasteiger partial charge is 0.416 e. The zero-order chi connectivity index (χ0) is 15.0. The summed E-state index contributed by atoms with van der Waals surface area (Å²) in [5.41, 5.74) is 0.366. The summed E-state index contributed by atoms with van der Waals surface area (Å²) in [5.74, 6) is 0. The van der Waals surface area contributed by atoms with Crippen molar-refractivity contribution in [3.63, 3.8) is 0 Å². The van der Waals surface area contributed by atoms with Gasteiger partial charge in [0.05, 0.1) is 16.8 Å². The van der Waals surface area contributed by atoms with Gasteiger partial charge in [-0.1, -0.05) is 31.2 Å². The van der Waals surface area contributed by atoms with E-state index in [1.807, 2.05) is 26.0 Å². The molecule has 0 N–H and O–H groups in total. The van der Waals surface area contributed by atoms with Crippen LogP contribution in [0.1, 0.15) is 31.4 Å². The number of hydrogen-bond donors (Lipinski definition) is 0. The summed E-state index contributed by atoms with van der Waals surface area (Å²) < 4.78 is 39.2. The van der Waals surface area contributed by atoms with Crippen LogP contribution in [-0.4, -0.2) is 9.96 Å². The van der Waals surface area contributed by atoms with Gasteiger partial charge in [0.15, 0.2) is 0 Å². The van der Waals surface area contributed by atoms with Gasteiger partial charge in [-0.3, -0.25) is 4.42 Å². The third kappa shape index (κ3) is 2.70. The Balaban J connectivity index is 2.33. The number of rotatable bonds is 2. The fourth-order valence-corrected chi connectivity index (χ4v) is 2.38. The molecule has 1 aromatic carbocycles. The molecule has 1 unspecified atom stereocenters. The van der Waals surface area contributed by atoms with Crippen LogP contribution < -0.4 is 0 Å². The van der Waals surface area contributed by atoms with E-state index < -0.39 is 11.7 Å². The highest BCUT2D eigenvalue weighted by atomic mass is 35.5. The van der Waals surface area contributed by atoms with Gasteiger partial charge in [-0.05, 0) is 37.1 Å². The van der Waals surface area contributed by atoms with Crippen molar-refractivity contribution in [3.8, 4) is 0 Å². The van der Waals surface area contributed by atoms with E-state index in [0.29, 0.717) is 11.3 Å². The van der Waals surface area contributed by atoms with E-state index in [9.17, 15) is 13.2 Å². The Morgan fingerprint density at radius 3 is 2.30 bits per heavy atom. The van der Waals surface area contributed by atoms with Gasteiger partial charge in [-0.25, -0.2) is 0 Å². The summed E-state index contributed by atoms with van der Waals surface area (Å²) >= 11 is 6.35. The number of allylic oxidation sites excluding steroid dienone is 2. The molecule has 0 radical (unpaired) electrons. The predicted octanol–water partition coefficient (Wildman–Crippen LogP) is 5.24. The van der Waals surface area contributed by atoms with E-state index in [1.54, 1.807) is 10.5 Å². The summed E-state index contributed by atoms with van der Waals surface area (Å²) in [4.78, 5) is 0. The Hall–Kier alpha value is -1.42. The van der Waals surface area contributed by atoms with Crippen LogP contribution in [0, 0.1) is 0 Å². The second kappa shape index (κ2) is 5.17.